The molecule has 0 heteroatoms. The zero-order valence-corrected chi connectivity index (χ0v) is 18.1. The summed E-state index contributed by atoms with van der Waals surface area (Å²) in [5.41, 5.74) is 10.6. The van der Waals surface area contributed by atoms with Crippen LogP contribution in [0.25, 0.3) is 11.1 Å². The zero-order valence-electron chi connectivity index (χ0n) is 18.1. The molecule has 1 aliphatic rings. The van der Waals surface area contributed by atoms with Crippen LogP contribution in [0.5, 0.6) is 0 Å². The summed E-state index contributed by atoms with van der Waals surface area (Å²) in [5, 5.41) is 0. The molecule has 0 N–H and O–H groups in total. The van der Waals surface area contributed by atoms with E-state index >= 15 is 0 Å². The highest BCUT2D eigenvalue weighted by Gasteiger charge is 2.24. The van der Waals surface area contributed by atoms with Gasteiger partial charge in [-0.1, -0.05) is 99.8 Å². The number of rotatable bonds is 7. The normalized spacial score (nSPS) is 15.4. The summed E-state index contributed by atoms with van der Waals surface area (Å²) in [7, 11) is 0. The van der Waals surface area contributed by atoms with Gasteiger partial charge in [-0.25, -0.2) is 0 Å². The molecule has 29 heavy (non-hydrogen) atoms. The fourth-order valence-electron chi connectivity index (χ4n) is 5.03. The first kappa shape index (κ1) is 20.0. The molecule has 4 rings (SSSR count). The van der Waals surface area contributed by atoms with Crippen LogP contribution in [-0.2, 0) is 25.7 Å². The number of hydrogen-bond donors (Lipinski definition) is 0. The predicted molar refractivity (Wildman–Crippen MR) is 126 cm³/mol. The van der Waals surface area contributed by atoms with E-state index in [0.29, 0.717) is 5.92 Å². The van der Waals surface area contributed by atoms with Gasteiger partial charge in [-0.05, 0) is 77.0 Å². The Morgan fingerprint density at radius 2 is 1.45 bits per heavy atom. The molecule has 0 nitrogen and oxygen atoms in total. The van der Waals surface area contributed by atoms with E-state index in [-0.39, 0.29) is 0 Å². The van der Waals surface area contributed by atoms with E-state index in [2.05, 4.69) is 80.6 Å². The maximum Gasteiger partial charge on any atom is -0.00779 e. The van der Waals surface area contributed by atoms with Crippen molar-refractivity contribution in [1.82, 2.24) is 0 Å². The van der Waals surface area contributed by atoms with E-state index < -0.39 is 0 Å². The van der Waals surface area contributed by atoms with Crippen LogP contribution in [0.4, 0.5) is 0 Å². The zero-order chi connectivity index (χ0) is 20.1. The Kier molecular flexibility index (Phi) is 6.49. The Morgan fingerprint density at radius 1 is 0.690 bits per heavy atom. The molecule has 0 radical (unpaired) electrons. The van der Waals surface area contributed by atoms with E-state index in [0.717, 1.165) is 12.8 Å². The highest BCUT2D eigenvalue weighted by molar-refractivity contribution is 5.72. The van der Waals surface area contributed by atoms with Gasteiger partial charge in [0.15, 0.2) is 0 Å². The van der Waals surface area contributed by atoms with Gasteiger partial charge in [0.25, 0.3) is 0 Å². The first-order chi connectivity index (χ1) is 14.3. The molecule has 0 saturated heterocycles. The second-order valence-electron chi connectivity index (χ2n) is 8.66. The first-order valence-electron chi connectivity index (χ1n) is 11.6. The second-order valence-corrected chi connectivity index (χ2v) is 8.66. The van der Waals surface area contributed by atoms with E-state index in [1.54, 1.807) is 11.1 Å². The predicted octanol–water partition coefficient (Wildman–Crippen LogP) is 7.92. The minimum atomic E-state index is 0.562. The molecule has 0 bridgehead atoms. The third-order valence-electron chi connectivity index (χ3n) is 6.49. The van der Waals surface area contributed by atoms with Crippen molar-refractivity contribution < 1.29 is 0 Å². The molecule has 150 valence electrons. The van der Waals surface area contributed by atoms with Crippen LogP contribution in [0.2, 0.25) is 0 Å². The van der Waals surface area contributed by atoms with Gasteiger partial charge in [0, 0.05) is 0 Å². The van der Waals surface area contributed by atoms with E-state index in [1.807, 2.05) is 0 Å². The van der Waals surface area contributed by atoms with Crippen molar-refractivity contribution in [1.29, 1.82) is 0 Å². The van der Waals surface area contributed by atoms with Crippen LogP contribution in [0.1, 0.15) is 73.3 Å². The van der Waals surface area contributed by atoms with Gasteiger partial charge < -0.3 is 0 Å². The fourth-order valence-corrected chi connectivity index (χ4v) is 5.03. The Labute approximate surface area is 177 Å². The molecule has 0 amide bonds. The van der Waals surface area contributed by atoms with Gasteiger partial charge in [-0.3, -0.25) is 0 Å². The molecule has 0 spiro atoms. The van der Waals surface area contributed by atoms with Crippen LogP contribution in [0, 0.1) is 0 Å². The minimum Gasteiger partial charge on any atom is -0.0654 e. The molecule has 3 aromatic carbocycles. The maximum atomic E-state index is 2.49. The maximum absolute atomic E-state index is 2.49. The average molecular weight is 383 g/mol. The first-order valence-corrected chi connectivity index (χ1v) is 11.6. The molecule has 0 fully saturated rings. The average Bonchev–Trinajstić information content (AvgIpc) is 2.91. The van der Waals surface area contributed by atoms with Crippen molar-refractivity contribution in [2.75, 3.05) is 0 Å². The number of unbranched alkanes of at least 4 members (excludes halogenated alkanes) is 2. The van der Waals surface area contributed by atoms with Crippen molar-refractivity contribution in [2.45, 2.75) is 71.1 Å². The molecule has 1 unspecified atom stereocenters. The topological polar surface area (TPSA) is 0 Å². The summed E-state index contributed by atoms with van der Waals surface area (Å²) in [6.07, 6.45) is 9.79. The number of hydrogen-bond acceptors (Lipinski definition) is 0. The summed E-state index contributed by atoms with van der Waals surface area (Å²) >= 11 is 0. The van der Waals surface area contributed by atoms with E-state index in [1.165, 1.54) is 66.3 Å². The van der Waals surface area contributed by atoms with Crippen LogP contribution >= 0.6 is 0 Å². The molecule has 0 saturated carbocycles. The molecule has 0 aliphatic heterocycles. The Balaban J connectivity index is 1.75. The van der Waals surface area contributed by atoms with Gasteiger partial charge in [0.05, 0.1) is 0 Å². The number of aryl methyl sites for hydroxylation is 2. The van der Waals surface area contributed by atoms with Gasteiger partial charge >= 0.3 is 0 Å². The quantitative estimate of drug-likeness (QED) is 0.364. The monoisotopic (exact) mass is 382 g/mol. The van der Waals surface area contributed by atoms with Crippen molar-refractivity contribution in [3.8, 4) is 11.1 Å². The summed E-state index contributed by atoms with van der Waals surface area (Å²) in [6, 6.07) is 25.5. The van der Waals surface area contributed by atoms with Crippen molar-refractivity contribution in [2.24, 2.45) is 0 Å². The summed E-state index contributed by atoms with van der Waals surface area (Å²) in [4.78, 5) is 0. The SMILES string of the molecule is CCCCCc1ccccc1C1Cc2ccccc2-c2ccc(CCC)cc2C1. The van der Waals surface area contributed by atoms with Crippen molar-refractivity contribution >= 4 is 0 Å². The highest BCUT2D eigenvalue weighted by Crippen LogP contribution is 2.39. The van der Waals surface area contributed by atoms with E-state index in [4.69, 9.17) is 0 Å². The number of benzene rings is 3. The van der Waals surface area contributed by atoms with Gasteiger partial charge in [0.1, 0.15) is 0 Å². The van der Waals surface area contributed by atoms with Crippen LogP contribution in [-0.4, -0.2) is 0 Å². The van der Waals surface area contributed by atoms with Gasteiger partial charge in [0.2, 0.25) is 0 Å². The van der Waals surface area contributed by atoms with Crippen LogP contribution in [0.15, 0.2) is 66.7 Å². The summed E-state index contributed by atoms with van der Waals surface area (Å²) in [6.45, 7) is 4.56. The highest BCUT2D eigenvalue weighted by atomic mass is 14.3. The molecular weight excluding hydrogens is 348 g/mol. The standard InChI is InChI=1S/C29H34/c1-3-5-6-12-23-13-7-9-15-27(23)26-20-24-14-8-10-16-28(24)29-18-17-22(11-4-2)19-25(29)21-26/h7-10,13-19,26H,3-6,11-12,20-21H2,1-2H3. The second kappa shape index (κ2) is 9.44. The molecule has 0 heterocycles. The lowest BCUT2D eigenvalue weighted by atomic mass is 9.84. The van der Waals surface area contributed by atoms with Crippen LogP contribution in [0.3, 0.4) is 0 Å². The smallest absolute Gasteiger partial charge is 0.00779 e. The molecule has 3 aromatic rings. The summed E-state index contributed by atoms with van der Waals surface area (Å²) in [5.74, 6) is 0.562. The van der Waals surface area contributed by atoms with Gasteiger partial charge in [-0.2, -0.15) is 0 Å². The molecule has 1 aliphatic carbocycles. The molecule has 0 aromatic heterocycles. The van der Waals surface area contributed by atoms with Crippen molar-refractivity contribution in [3.05, 3.63) is 94.5 Å². The largest absolute Gasteiger partial charge is 0.0654 e. The summed E-state index contributed by atoms with van der Waals surface area (Å²) < 4.78 is 0. The van der Waals surface area contributed by atoms with Gasteiger partial charge in [-0.15, -0.1) is 0 Å². The Bertz CT molecular complexity index is 950. The lowest BCUT2D eigenvalue weighted by Gasteiger charge is -2.20. The third-order valence-corrected chi connectivity index (χ3v) is 6.49. The fraction of sp³-hybridized carbons (Fsp3) is 0.379. The van der Waals surface area contributed by atoms with E-state index in [9.17, 15) is 0 Å². The molecule has 1 atom stereocenters. The number of fused-ring (bicyclic) bond motifs is 3. The Hall–Kier alpha value is -2.34. The molecular formula is C29H34. The lowest BCUT2D eigenvalue weighted by molar-refractivity contribution is 0.663. The lowest BCUT2D eigenvalue weighted by Crippen LogP contribution is -2.08. The van der Waals surface area contributed by atoms with Crippen LogP contribution < -0.4 is 0 Å². The Morgan fingerprint density at radius 3 is 2.31 bits per heavy atom. The minimum absolute atomic E-state index is 0.562. The third kappa shape index (κ3) is 4.47. The van der Waals surface area contributed by atoms with Crippen molar-refractivity contribution in [3.63, 3.8) is 0 Å².